The second-order valence-corrected chi connectivity index (χ2v) is 6.65. The van der Waals surface area contributed by atoms with E-state index in [1.54, 1.807) is 0 Å². The second-order valence-electron chi connectivity index (χ2n) is 3.75. The fourth-order valence-corrected chi connectivity index (χ4v) is 2.18. The summed E-state index contributed by atoms with van der Waals surface area (Å²) in [4.78, 5) is 0. The van der Waals surface area contributed by atoms with E-state index in [9.17, 15) is 8.42 Å². The monoisotopic (exact) mass is 240 g/mol. The molecule has 0 heterocycles. The summed E-state index contributed by atoms with van der Waals surface area (Å²) in [5.74, 6) is 0.552. The minimum absolute atomic E-state index is 0.0855. The molecule has 0 N–H and O–H groups in total. The summed E-state index contributed by atoms with van der Waals surface area (Å²) in [6.45, 7) is 2.29. The van der Waals surface area contributed by atoms with Gasteiger partial charge in [-0.05, 0) is 25.2 Å². The van der Waals surface area contributed by atoms with Crippen LogP contribution in [0.3, 0.4) is 0 Å². The summed E-state index contributed by atoms with van der Waals surface area (Å²) in [5, 5.41) is 0. The van der Waals surface area contributed by atoms with Crippen molar-refractivity contribution in [1.82, 2.24) is 0 Å². The SMILES string of the molecule is CCC(OCCS(=O)(=O)Cl)C1CCC1. The highest BCUT2D eigenvalue weighted by molar-refractivity contribution is 8.13. The van der Waals surface area contributed by atoms with E-state index >= 15 is 0 Å². The summed E-state index contributed by atoms with van der Waals surface area (Å²) < 4.78 is 26.8. The van der Waals surface area contributed by atoms with Crippen LogP contribution in [0, 0.1) is 5.92 Å². The van der Waals surface area contributed by atoms with Gasteiger partial charge in [0.25, 0.3) is 0 Å². The first-order valence-electron chi connectivity index (χ1n) is 5.07. The lowest BCUT2D eigenvalue weighted by atomic mass is 9.80. The predicted octanol–water partition coefficient (Wildman–Crippen LogP) is 2.15. The molecule has 0 bridgehead atoms. The normalized spacial score (nSPS) is 20.4. The maximum atomic E-state index is 10.6. The smallest absolute Gasteiger partial charge is 0.234 e. The molecule has 0 spiro atoms. The zero-order valence-corrected chi connectivity index (χ0v) is 9.98. The Morgan fingerprint density at radius 1 is 1.50 bits per heavy atom. The van der Waals surface area contributed by atoms with Crippen molar-refractivity contribution in [2.45, 2.75) is 38.7 Å². The van der Waals surface area contributed by atoms with E-state index in [-0.39, 0.29) is 18.5 Å². The van der Waals surface area contributed by atoms with Crippen LogP contribution < -0.4 is 0 Å². The van der Waals surface area contributed by atoms with Crippen LogP contribution in [-0.4, -0.2) is 26.9 Å². The molecule has 1 unspecified atom stereocenters. The van der Waals surface area contributed by atoms with Gasteiger partial charge < -0.3 is 4.74 Å². The third kappa shape index (κ3) is 4.15. The van der Waals surface area contributed by atoms with Crippen molar-refractivity contribution in [3.05, 3.63) is 0 Å². The Bertz CT molecular complexity index is 259. The summed E-state index contributed by atoms with van der Waals surface area (Å²) in [6, 6.07) is 0. The summed E-state index contributed by atoms with van der Waals surface area (Å²) in [7, 11) is 1.68. The standard InChI is InChI=1S/C9H17ClO3S/c1-2-9(8-4-3-5-8)13-6-7-14(10,11)12/h8-9H,2-7H2,1H3. The van der Waals surface area contributed by atoms with Crippen LogP contribution >= 0.6 is 10.7 Å². The van der Waals surface area contributed by atoms with E-state index in [2.05, 4.69) is 6.92 Å². The van der Waals surface area contributed by atoms with Gasteiger partial charge >= 0.3 is 0 Å². The van der Waals surface area contributed by atoms with Crippen LogP contribution in [0.5, 0.6) is 0 Å². The average molecular weight is 241 g/mol. The van der Waals surface area contributed by atoms with Crippen LogP contribution in [0.2, 0.25) is 0 Å². The van der Waals surface area contributed by atoms with Crippen LogP contribution in [0.15, 0.2) is 0 Å². The van der Waals surface area contributed by atoms with Crippen molar-refractivity contribution in [2.24, 2.45) is 5.92 Å². The van der Waals surface area contributed by atoms with Crippen molar-refractivity contribution in [3.63, 3.8) is 0 Å². The Balaban J connectivity index is 2.20. The van der Waals surface area contributed by atoms with Gasteiger partial charge in [0.15, 0.2) is 0 Å². The Hall–Kier alpha value is 0.200. The van der Waals surface area contributed by atoms with Gasteiger partial charge in [0.05, 0.1) is 18.5 Å². The molecule has 0 amide bonds. The highest BCUT2D eigenvalue weighted by atomic mass is 35.7. The highest BCUT2D eigenvalue weighted by Gasteiger charge is 2.26. The van der Waals surface area contributed by atoms with Gasteiger partial charge in [-0.25, -0.2) is 8.42 Å². The molecule has 0 aromatic rings. The fraction of sp³-hybridized carbons (Fsp3) is 1.00. The van der Waals surface area contributed by atoms with Crippen molar-refractivity contribution >= 4 is 19.7 Å². The third-order valence-corrected chi connectivity index (χ3v) is 3.85. The predicted molar refractivity (Wildman–Crippen MR) is 57.0 cm³/mol. The van der Waals surface area contributed by atoms with Crippen molar-refractivity contribution < 1.29 is 13.2 Å². The molecule has 0 aromatic heterocycles. The van der Waals surface area contributed by atoms with Crippen molar-refractivity contribution in [3.8, 4) is 0 Å². The second kappa shape index (κ2) is 5.33. The maximum absolute atomic E-state index is 10.6. The van der Waals surface area contributed by atoms with Gasteiger partial charge in [-0.1, -0.05) is 13.3 Å². The third-order valence-electron chi connectivity index (χ3n) is 2.74. The minimum Gasteiger partial charge on any atom is -0.377 e. The van der Waals surface area contributed by atoms with Gasteiger partial charge in [-0.2, -0.15) is 0 Å². The molecule has 1 atom stereocenters. The molecular formula is C9H17ClO3S. The largest absolute Gasteiger partial charge is 0.377 e. The fourth-order valence-electron chi connectivity index (χ4n) is 1.70. The molecule has 1 aliphatic rings. The topological polar surface area (TPSA) is 43.4 Å². The molecule has 1 rings (SSSR count). The van der Waals surface area contributed by atoms with Crippen LogP contribution in [0.25, 0.3) is 0 Å². The summed E-state index contributed by atoms with van der Waals surface area (Å²) >= 11 is 0. The van der Waals surface area contributed by atoms with Gasteiger partial charge in [0.2, 0.25) is 9.05 Å². The Labute approximate surface area is 90.2 Å². The molecule has 14 heavy (non-hydrogen) atoms. The Morgan fingerprint density at radius 3 is 2.50 bits per heavy atom. The van der Waals surface area contributed by atoms with Crippen LogP contribution in [-0.2, 0) is 13.8 Å². The van der Waals surface area contributed by atoms with E-state index < -0.39 is 9.05 Å². The quantitative estimate of drug-likeness (QED) is 0.669. The van der Waals surface area contributed by atoms with E-state index in [0.717, 1.165) is 6.42 Å². The van der Waals surface area contributed by atoms with E-state index in [1.807, 2.05) is 0 Å². The molecular weight excluding hydrogens is 224 g/mol. The minimum atomic E-state index is -3.40. The molecule has 84 valence electrons. The van der Waals surface area contributed by atoms with E-state index in [0.29, 0.717) is 5.92 Å². The molecule has 1 saturated carbocycles. The number of halogens is 1. The number of hydrogen-bond donors (Lipinski definition) is 0. The number of hydrogen-bond acceptors (Lipinski definition) is 3. The Morgan fingerprint density at radius 2 is 2.14 bits per heavy atom. The van der Waals surface area contributed by atoms with E-state index in [1.165, 1.54) is 19.3 Å². The lowest BCUT2D eigenvalue weighted by Gasteiger charge is -2.32. The average Bonchev–Trinajstić information content (AvgIpc) is 1.96. The zero-order chi connectivity index (χ0) is 10.6. The van der Waals surface area contributed by atoms with Gasteiger partial charge in [-0.3, -0.25) is 0 Å². The first-order valence-corrected chi connectivity index (χ1v) is 7.54. The zero-order valence-electron chi connectivity index (χ0n) is 8.41. The molecule has 5 heteroatoms. The molecule has 1 fully saturated rings. The van der Waals surface area contributed by atoms with Gasteiger partial charge in [0, 0.05) is 10.7 Å². The highest BCUT2D eigenvalue weighted by Crippen LogP contribution is 2.32. The van der Waals surface area contributed by atoms with Crippen LogP contribution in [0.4, 0.5) is 0 Å². The Kier molecular flexibility index (Phi) is 4.67. The molecule has 3 nitrogen and oxygen atoms in total. The van der Waals surface area contributed by atoms with Gasteiger partial charge in [-0.15, -0.1) is 0 Å². The van der Waals surface area contributed by atoms with Crippen LogP contribution in [0.1, 0.15) is 32.6 Å². The van der Waals surface area contributed by atoms with Gasteiger partial charge in [0.1, 0.15) is 0 Å². The molecule has 0 saturated heterocycles. The maximum Gasteiger partial charge on any atom is 0.234 e. The van der Waals surface area contributed by atoms with E-state index in [4.69, 9.17) is 15.4 Å². The summed E-state index contributed by atoms with van der Waals surface area (Å²) in [6.07, 6.45) is 4.88. The first kappa shape index (κ1) is 12.3. The van der Waals surface area contributed by atoms with Crippen molar-refractivity contribution in [1.29, 1.82) is 0 Å². The van der Waals surface area contributed by atoms with Crippen molar-refractivity contribution in [2.75, 3.05) is 12.4 Å². The molecule has 0 radical (unpaired) electrons. The lowest BCUT2D eigenvalue weighted by molar-refractivity contribution is -0.00835. The number of rotatable bonds is 6. The first-order chi connectivity index (χ1) is 6.53. The lowest BCUT2D eigenvalue weighted by Crippen LogP contribution is -2.30. The number of ether oxygens (including phenoxy) is 1. The molecule has 1 aliphatic carbocycles. The summed E-state index contributed by atoms with van der Waals surface area (Å²) in [5.41, 5.74) is 0. The molecule has 0 aliphatic heterocycles. The molecule has 0 aromatic carbocycles.